The van der Waals surface area contributed by atoms with Crippen molar-refractivity contribution < 1.29 is 9.52 Å². The molecule has 3 nitrogen and oxygen atoms in total. The Morgan fingerprint density at radius 1 is 0.784 bits per heavy atom. The van der Waals surface area contributed by atoms with Gasteiger partial charge < -0.3 is 9.52 Å². The van der Waals surface area contributed by atoms with Crippen LogP contribution in [0.15, 0.2) is 51.7 Å². The molecular weight excluding hydrogens is 1010 g/mol. The van der Waals surface area contributed by atoms with E-state index in [1.807, 2.05) is 104 Å². The monoisotopic (exact) mass is 1020 g/mol. The van der Waals surface area contributed by atoms with Gasteiger partial charge >= 0.3 is 0 Å². The number of benzene rings is 4. The Balaban J connectivity index is 2.05. The van der Waals surface area contributed by atoms with Gasteiger partial charge in [0.1, 0.15) is 9.32 Å². The molecule has 11 heteroatoms. The molecule has 188 valence electrons. The first-order valence-electron chi connectivity index (χ1n) is 10.4. The summed E-state index contributed by atoms with van der Waals surface area (Å²) < 4.78 is 8.39. The third kappa shape index (κ3) is 4.99. The standard InChI is InChI=1S/C26H10Cl4I4O3/c27-17-10(6-9-4-2-1-3-5-9)16(18(28)20(30)19(17)29)15-11-7-13(31)23(35)21(33)25(11)37-26-12(15)8-14(32)24(36)22(26)34/h1-5,7-8,35H,6H2. The zero-order chi connectivity index (χ0) is 26.8. The first-order valence-corrected chi connectivity index (χ1v) is 16.2. The highest BCUT2D eigenvalue weighted by Gasteiger charge is 2.30. The molecule has 2 aliphatic rings. The van der Waals surface area contributed by atoms with Crippen molar-refractivity contribution in [3.63, 3.8) is 0 Å². The summed E-state index contributed by atoms with van der Waals surface area (Å²) in [6.07, 6.45) is 0.431. The fourth-order valence-corrected chi connectivity index (χ4v) is 8.80. The highest BCUT2D eigenvalue weighted by atomic mass is 127. The van der Waals surface area contributed by atoms with Gasteiger partial charge in [-0.15, -0.1) is 0 Å². The zero-order valence-corrected chi connectivity index (χ0v) is 29.7. The van der Waals surface area contributed by atoms with E-state index >= 15 is 0 Å². The minimum absolute atomic E-state index is 0.0911. The maximum absolute atomic E-state index is 12.9. The Hall–Kier alpha value is 0.230. The van der Waals surface area contributed by atoms with Crippen LogP contribution < -0.4 is 5.43 Å². The lowest BCUT2D eigenvalue weighted by atomic mass is 9.88. The Morgan fingerprint density at radius 2 is 1.43 bits per heavy atom. The van der Waals surface area contributed by atoms with E-state index in [2.05, 4.69) is 22.6 Å². The normalized spacial score (nSPS) is 11.6. The molecule has 0 atom stereocenters. The summed E-state index contributed by atoms with van der Waals surface area (Å²) in [5, 5.41) is 12.2. The lowest BCUT2D eigenvalue weighted by Crippen LogP contribution is -2.12. The second-order valence-corrected chi connectivity index (χ2v) is 14.0. The van der Waals surface area contributed by atoms with Crippen LogP contribution in [0.2, 0.25) is 20.1 Å². The third-order valence-corrected chi connectivity index (χ3v) is 11.3. The summed E-state index contributed by atoms with van der Waals surface area (Å²) in [6.45, 7) is 0. The average molecular weight is 1020 g/mol. The predicted molar refractivity (Wildman–Crippen MR) is 186 cm³/mol. The van der Waals surface area contributed by atoms with Crippen molar-refractivity contribution in [2.45, 2.75) is 6.42 Å². The molecular formula is C26H10Cl4I4O3. The van der Waals surface area contributed by atoms with Gasteiger partial charge in [-0.1, -0.05) is 76.7 Å². The predicted octanol–water partition coefficient (Wildman–Crippen LogP) is 10.9. The molecule has 5 rings (SSSR count). The third-order valence-electron chi connectivity index (χ3n) is 5.86. The molecule has 0 amide bonds. The number of aromatic hydroxyl groups is 1. The van der Waals surface area contributed by atoms with Crippen LogP contribution in [0.3, 0.4) is 0 Å². The molecule has 0 unspecified atom stereocenters. The molecule has 0 saturated heterocycles. The lowest BCUT2D eigenvalue weighted by molar-refractivity contribution is 0.466. The van der Waals surface area contributed by atoms with E-state index in [1.165, 1.54) is 0 Å². The Morgan fingerprint density at radius 3 is 2.11 bits per heavy atom. The number of fused-ring (bicyclic) bond motifs is 2. The smallest absolute Gasteiger partial charge is 0.209 e. The molecule has 3 aromatic rings. The lowest BCUT2D eigenvalue weighted by Gasteiger charge is -2.23. The highest BCUT2D eigenvalue weighted by molar-refractivity contribution is 14.1. The quantitative estimate of drug-likeness (QED) is 0.0848. The molecule has 0 saturated carbocycles. The maximum atomic E-state index is 12.9. The van der Waals surface area contributed by atoms with Crippen LogP contribution in [0.5, 0.6) is 5.75 Å². The van der Waals surface area contributed by atoms with Gasteiger partial charge in [-0.05, 0) is 120 Å². The average Bonchev–Trinajstić information content (AvgIpc) is 2.89. The molecule has 37 heavy (non-hydrogen) atoms. The second-order valence-electron chi connectivity index (χ2n) is 8.02. The Kier molecular flexibility index (Phi) is 8.74. The van der Waals surface area contributed by atoms with Gasteiger partial charge in [-0.25, -0.2) is 0 Å². The number of phenolic OH excluding ortho intramolecular Hbond substituents is 1. The van der Waals surface area contributed by atoms with E-state index in [-0.39, 0.29) is 26.2 Å². The van der Waals surface area contributed by atoms with Crippen molar-refractivity contribution in [2.75, 3.05) is 0 Å². The highest BCUT2D eigenvalue weighted by Crippen LogP contribution is 2.52. The summed E-state index contributed by atoms with van der Waals surface area (Å²) in [6, 6.07) is 13.4. The Bertz CT molecular complexity index is 1770. The molecule has 3 aromatic carbocycles. The van der Waals surface area contributed by atoms with Crippen LogP contribution in [-0.2, 0) is 6.42 Å². The van der Waals surface area contributed by atoms with Crippen LogP contribution in [0.4, 0.5) is 0 Å². The Labute approximate surface area is 286 Å². The molecule has 1 aliphatic heterocycles. The SMILES string of the molecule is O=c1c(I)cc2c(-c3c(Cl)c(Cl)c(Cl)c(Cl)c3Cc3ccccc3)c3cc(I)c(O)c(I)c3oc-2c1I. The topological polar surface area (TPSA) is 50.4 Å². The summed E-state index contributed by atoms with van der Waals surface area (Å²) >= 11 is 35.1. The van der Waals surface area contributed by atoms with Gasteiger partial charge in [-0.3, -0.25) is 4.79 Å². The molecule has 1 aliphatic carbocycles. The summed E-state index contributed by atoms with van der Waals surface area (Å²) in [5.41, 5.74) is 3.93. The fourth-order valence-electron chi connectivity index (χ4n) is 4.17. The molecule has 0 bridgehead atoms. The molecule has 1 heterocycles. The summed E-state index contributed by atoms with van der Waals surface area (Å²) in [7, 11) is 0. The summed E-state index contributed by atoms with van der Waals surface area (Å²) in [5.74, 6) is 0.476. The largest absolute Gasteiger partial charge is 0.506 e. The van der Waals surface area contributed by atoms with Crippen molar-refractivity contribution in [1.29, 1.82) is 0 Å². The van der Waals surface area contributed by atoms with E-state index in [0.29, 0.717) is 64.7 Å². The van der Waals surface area contributed by atoms with Gasteiger partial charge in [0, 0.05) is 22.1 Å². The van der Waals surface area contributed by atoms with E-state index in [0.717, 1.165) is 5.56 Å². The van der Waals surface area contributed by atoms with Gasteiger partial charge in [-0.2, -0.15) is 0 Å². The molecule has 0 fully saturated rings. The minimum Gasteiger partial charge on any atom is -0.506 e. The number of hydrogen-bond donors (Lipinski definition) is 1. The number of hydrogen-bond acceptors (Lipinski definition) is 3. The zero-order valence-electron chi connectivity index (χ0n) is 18.0. The van der Waals surface area contributed by atoms with Gasteiger partial charge in [0.2, 0.25) is 5.43 Å². The fraction of sp³-hybridized carbons (Fsp3) is 0.0385. The molecule has 0 radical (unpaired) electrons. The maximum Gasteiger partial charge on any atom is 0.209 e. The van der Waals surface area contributed by atoms with Crippen molar-refractivity contribution in [2.24, 2.45) is 0 Å². The van der Waals surface area contributed by atoms with E-state index in [4.69, 9.17) is 50.8 Å². The number of phenols is 1. The van der Waals surface area contributed by atoms with Crippen LogP contribution in [0.1, 0.15) is 11.1 Å². The van der Waals surface area contributed by atoms with Crippen LogP contribution in [0, 0.1) is 14.3 Å². The van der Waals surface area contributed by atoms with Gasteiger partial charge in [0.05, 0.1) is 30.8 Å². The number of rotatable bonds is 3. The van der Waals surface area contributed by atoms with Crippen molar-refractivity contribution in [1.82, 2.24) is 0 Å². The van der Waals surface area contributed by atoms with Crippen molar-refractivity contribution in [3.8, 4) is 28.2 Å². The minimum atomic E-state index is -0.143. The van der Waals surface area contributed by atoms with Crippen LogP contribution >= 0.6 is 137 Å². The van der Waals surface area contributed by atoms with E-state index in [9.17, 15) is 9.90 Å². The first-order chi connectivity index (χ1) is 17.5. The van der Waals surface area contributed by atoms with Gasteiger partial charge in [0.15, 0.2) is 11.3 Å². The van der Waals surface area contributed by atoms with Crippen LogP contribution in [-0.4, -0.2) is 5.11 Å². The van der Waals surface area contributed by atoms with Crippen LogP contribution in [0.25, 0.3) is 33.4 Å². The van der Waals surface area contributed by atoms with Gasteiger partial charge in [0.25, 0.3) is 0 Å². The molecule has 0 spiro atoms. The number of halogens is 8. The molecule has 0 aromatic heterocycles. The molecule has 1 N–H and O–H groups in total. The first kappa shape index (κ1) is 28.7. The van der Waals surface area contributed by atoms with Crippen molar-refractivity contribution in [3.05, 3.63) is 98.2 Å². The summed E-state index contributed by atoms with van der Waals surface area (Å²) in [4.78, 5) is 12.9. The van der Waals surface area contributed by atoms with E-state index in [1.54, 1.807) is 6.07 Å². The second kappa shape index (κ2) is 11.2. The van der Waals surface area contributed by atoms with E-state index < -0.39 is 0 Å². The van der Waals surface area contributed by atoms with Crippen molar-refractivity contribution >= 4 is 148 Å².